The quantitative estimate of drug-likeness (QED) is 0.738. The van der Waals surface area contributed by atoms with Crippen molar-refractivity contribution < 1.29 is 5.11 Å². The molecule has 0 unspecified atom stereocenters. The van der Waals surface area contributed by atoms with Gasteiger partial charge in [-0.05, 0) is 37.6 Å². The Kier molecular flexibility index (Phi) is 3.04. The van der Waals surface area contributed by atoms with E-state index < -0.39 is 0 Å². The van der Waals surface area contributed by atoms with Gasteiger partial charge in [0.25, 0.3) is 0 Å². The minimum Gasteiger partial charge on any atom is -0.506 e. The first kappa shape index (κ1) is 11.7. The van der Waals surface area contributed by atoms with E-state index in [9.17, 15) is 5.11 Å². The van der Waals surface area contributed by atoms with E-state index in [4.69, 9.17) is 0 Å². The van der Waals surface area contributed by atoms with E-state index in [1.165, 1.54) is 11.3 Å². The Labute approximate surface area is 108 Å². The molecule has 2 aliphatic rings. The van der Waals surface area contributed by atoms with Crippen LogP contribution in [0.25, 0.3) is 0 Å². The van der Waals surface area contributed by atoms with Gasteiger partial charge < -0.3 is 20.2 Å². The number of phenols is 1. The van der Waals surface area contributed by atoms with Crippen LogP contribution in [0.2, 0.25) is 0 Å². The highest BCUT2D eigenvalue weighted by Crippen LogP contribution is 2.35. The predicted octanol–water partition coefficient (Wildman–Crippen LogP) is 1.50. The van der Waals surface area contributed by atoms with Crippen molar-refractivity contribution in [2.24, 2.45) is 0 Å². The number of rotatable bonds is 1. The summed E-state index contributed by atoms with van der Waals surface area (Å²) in [5.41, 5.74) is 3.43. The Morgan fingerprint density at radius 1 is 1.17 bits per heavy atom. The van der Waals surface area contributed by atoms with Crippen molar-refractivity contribution in [1.29, 1.82) is 0 Å². The summed E-state index contributed by atoms with van der Waals surface area (Å²) in [5, 5.41) is 13.6. The molecule has 0 aliphatic carbocycles. The first-order valence-corrected chi connectivity index (χ1v) is 6.77. The van der Waals surface area contributed by atoms with Crippen molar-refractivity contribution in [3.05, 3.63) is 17.7 Å². The van der Waals surface area contributed by atoms with Crippen molar-refractivity contribution in [2.45, 2.75) is 12.8 Å². The van der Waals surface area contributed by atoms with Crippen LogP contribution in [0.3, 0.4) is 0 Å². The molecule has 2 heterocycles. The largest absolute Gasteiger partial charge is 0.506 e. The van der Waals surface area contributed by atoms with Crippen LogP contribution in [0.1, 0.15) is 12.0 Å². The van der Waals surface area contributed by atoms with E-state index >= 15 is 0 Å². The molecule has 2 N–H and O–H groups in total. The van der Waals surface area contributed by atoms with Crippen LogP contribution in [0.4, 0.5) is 11.4 Å². The molecule has 1 saturated heterocycles. The number of benzene rings is 1. The molecule has 3 rings (SSSR count). The van der Waals surface area contributed by atoms with Crippen molar-refractivity contribution in [2.75, 3.05) is 50.0 Å². The highest BCUT2D eigenvalue weighted by Gasteiger charge is 2.19. The number of fused-ring (bicyclic) bond motifs is 1. The normalized spacial score (nSPS) is 20.4. The maximum Gasteiger partial charge on any atom is 0.139 e. The molecule has 0 atom stereocenters. The number of aromatic hydroxyl groups is 1. The number of nitrogens with zero attached hydrogens (tertiary/aromatic N) is 2. The van der Waals surface area contributed by atoms with Gasteiger partial charge in [0.2, 0.25) is 0 Å². The number of piperazine rings is 1. The maximum absolute atomic E-state index is 10.2. The molecule has 18 heavy (non-hydrogen) atoms. The molecular formula is C14H21N3O. The minimum absolute atomic E-state index is 0.432. The molecule has 0 aromatic heterocycles. The molecule has 2 aliphatic heterocycles. The average molecular weight is 247 g/mol. The number of nitrogens with one attached hydrogen (secondary N) is 1. The van der Waals surface area contributed by atoms with Crippen molar-refractivity contribution in [3.8, 4) is 5.75 Å². The molecule has 1 aromatic rings. The lowest BCUT2D eigenvalue weighted by Gasteiger charge is -2.35. The monoisotopic (exact) mass is 247 g/mol. The highest BCUT2D eigenvalue weighted by molar-refractivity contribution is 5.70. The number of phenolic OH excluding ortho intramolecular Hbond substituents is 1. The zero-order valence-electron chi connectivity index (χ0n) is 10.9. The van der Waals surface area contributed by atoms with Gasteiger partial charge in [0, 0.05) is 38.4 Å². The smallest absolute Gasteiger partial charge is 0.139 e. The SMILES string of the molecule is CN1CCN(c2cc3c(cc2O)CCCN3)CC1. The summed E-state index contributed by atoms with van der Waals surface area (Å²) in [5.74, 6) is 0.432. The third kappa shape index (κ3) is 2.12. The molecule has 4 heteroatoms. The van der Waals surface area contributed by atoms with Crippen LogP contribution < -0.4 is 10.2 Å². The van der Waals surface area contributed by atoms with E-state index in [-0.39, 0.29) is 0 Å². The lowest BCUT2D eigenvalue weighted by molar-refractivity contribution is 0.311. The second-order valence-corrected chi connectivity index (χ2v) is 5.32. The fourth-order valence-corrected chi connectivity index (χ4v) is 2.79. The Morgan fingerprint density at radius 3 is 2.72 bits per heavy atom. The van der Waals surface area contributed by atoms with Crippen LogP contribution in [0.15, 0.2) is 12.1 Å². The summed E-state index contributed by atoms with van der Waals surface area (Å²) < 4.78 is 0. The lowest BCUT2D eigenvalue weighted by Crippen LogP contribution is -2.44. The lowest BCUT2D eigenvalue weighted by atomic mass is 10.0. The summed E-state index contributed by atoms with van der Waals surface area (Å²) in [6, 6.07) is 4.06. The van der Waals surface area contributed by atoms with Gasteiger partial charge in [-0.2, -0.15) is 0 Å². The van der Waals surface area contributed by atoms with E-state index in [0.717, 1.165) is 51.3 Å². The van der Waals surface area contributed by atoms with Gasteiger partial charge in [-0.3, -0.25) is 0 Å². The van der Waals surface area contributed by atoms with Crippen LogP contribution in [-0.2, 0) is 6.42 Å². The molecule has 0 amide bonds. The number of aryl methyl sites for hydroxylation is 1. The van der Waals surface area contributed by atoms with Crippen molar-refractivity contribution >= 4 is 11.4 Å². The number of anilines is 2. The third-order valence-corrected chi connectivity index (χ3v) is 3.98. The third-order valence-electron chi connectivity index (χ3n) is 3.98. The molecule has 1 aromatic carbocycles. The first-order chi connectivity index (χ1) is 8.74. The van der Waals surface area contributed by atoms with E-state index in [2.05, 4.69) is 28.2 Å². The van der Waals surface area contributed by atoms with E-state index in [0.29, 0.717) is 5.75 Å². The maximum atomic E-state index is 10.2. The van der Waals surface area contributed by atoms with Gasteiger partial charge in [0.15, 0.2) is 0 Å². The van der Waals surface area contributed by atoms with Gasteiger partial charge in [0.1, 0.15) is 5.75 Å². The van der Waals surface area contributed by atoms with Gasteiger partial charge in [-0.25, -0.2) is 0 Å². The Hall–Kier alpha value is -1.42. The number of hydrogen-bond acceptors (Lipinski definition) is 4. The molecular weight excluding hydrogens is 226 g/mol. The molecule has 1 fully saturated rings. The highest BCUT2D eigenvalue weighted by atomic mass is 16.3. The molecule has 0 bridgehead atoms. The van der Waals surface area contributed by atoms with Gasteiger partial charge in [-0.15, -0.1) is 0 Å². The zero-order valence-corrected chi connectivity index (χ0v) is 10.9. The van der Waals surface area contributed by atoms with Crippen LogP contribution in [0.5, 0.6) is 5.75 Å². The van der Waals surface area contributed by atoms with E-state index in [1.54, 1.807) is 0 Å². The van der Waals surface area contributed by atoms with Crippen LogP contribution in [-0.4, -0.2) is 49.8 Å². The Balaban J connectivity index is 1.87. The number of likely N-dealkylation sites (N-methyl/N-ethyl adjacent to an activating group) is 1. The standard InChI is InChI=1S/C14H21N3O/c1-16-5-7-17(8-6-16)13-10-12-11(9-14(13)18)3-2-4-15-12/h9-10,15,18H,2-8H2,1H3. The van der Waals surface area contributed by atoms with Crippen molar-refractivity contribution in [3.63, 3.8) is 0 Å². The minimum atomic E-state index is 0.432. The summed E-state index contributed by atoms with van der Waals surface area (Å²) in [6.45, 7) is 5.14. The second kappa shape index (κ2) is 4.69. The van der Waals surface area contributed by atoms with Crippen molar-refractivity contribution in [1.82, 2.24) is 4.90 Å². The second-order valence-electron chi connectivity index (χ2n) is 5.32. The molecule has 0 spiro atoms. The summed E-state index contributed by atoms with van der Waals surface area (Å²) in [6.07, 6.45) is 2.22. The number of hydrogen-bond donors (Lipinski definition) is 2. The summed E-state index contributed by atoms with van der Waals surface area (Å²) >= 11 is 0. The Morgan fingerprint density at radius 2 is 1.94 bits per heavy atom. The molecule has 0 radical (unpaired) electrons. The summed E-state index contributed by atoms with van der Waals surface area (Å²) in [7, 11) is 2.14. The zero-order chi connectivity index (χ0) is 12.5. The first-order valence-electron chi connectivity index (χ1n) is 6.77. The van der Waals surface area contributed by atoms with Crippen LogP contribution >= 0.6 is 0 Å². The fraction of sp³-hybridized carbons (Fsp3) is 0.571. The fourth-order valence-electron chi connectivity index (χ4n) is 2.79. The van der Waals surface area contributed by atoms with Gasteiger partial charge in [0.05, 0.1) is 5.69 Å². The van der Waals surface area contributed by atoms with Gasteiger partial charge >= 0.3 is 0 Å². The topological polar surface area (TPSA) is 38.7 Å². The predicted molar refractivity (Wildman–Crippen MR) is 74.6 cm³/mol. The van der Waals surface area contributed by atoms with Gasteiger partial charge in [-0.1, -0.05) is 0 Å². The Bertz CT molecular complexity index is 439. The average Bonchev–Trinajstić information content (AvgIpc) is 2.39. The summed E-state index contributed by atoms with van der Waals surface area (Å²) in [4.78, 5) is 4.61. The molecule has 98 valence electrons. The molecule has 0 saturated carbocycles. The molecule has 4 nitrogen and oxygen atoms in total. The van der Waals surface area contributed by atoms with E-state index in [1.807, 2.05) is 6.07 Å². The van der Waals surface area contributed by atoms with Crippen LogP contribution in [0, 0.1) is 0 Å².